The predicted molar refractivity (Wildman–Crippen MR) is 94.5 cm³/mol. The van der Waals surface area contributed by atoms with Crippen molar-refractivity contribution < 1.29 is 4.79 Å². The number of hydrogen-bond acceptors (Lipinski definition) is 2. The summed E-state index contributed by atoms with van der Waals surface area (Å²) < 4.78 is 0. The van der Waals surface area contributed by atoms with E-state index < -0.39 is 0 Å². The average Bonchev–Trinajstić information content (AvgIpc) is 2.45. The van der Waals surface area contributed by atoms with E-state index in [-0.39, 0.29) is 11.0 Å². The van der Waals surface area contributed by atoms with Gasteiger partial charge < -0.3 is 5.32 Å². The van der Waals surface area contributed by atoms with Gasteiger partial charge in [0.05, 0.1) is 0 Å². The molecule has 0 saturated heterocycles. The molecule has 22 heavy (non-hydrogen) atoms. The smallest absolute Gasteiger partial charge is 0.257 e. The molecule has 0 saturated carbocycles. The Morgan fingerprint density at radius 2 is 1.68 bits per heavy atom. The highest BCUT2D eigenvalue weighted by atomic mass is 35.5. The highest BCUT2D eigenvalue weighted by molar-refractivity contribution is 7.80. The largest absolute Gasteiger partial charge is 0.358 e. The van der Waals surface area contributed by atoms with Gasteiger partial charge in [0.1, 0.15) is 0 Å². The van der Waals surface area contributed by atoms with Crippen LogP contribution >= 0.6 is 35.4 Å². The maximum absolute atomic E-state index is 12.1. The van der Waals surface area contributed by atoms with Crippen LogP contribution in [0.3, 0.4) is 0 Å². The second-order valence-corrected chi connectivity index (χ2v) is 6.06. The first-order chi connectivity index (χ1) is 10.4. The van der Waals surface area contributed by atoms with E-state index in [0.717, 1.165) is 5.56 Å². The minimum Gasteiger partial charge on any atom is -0.358 e. The van der Waals surface area contributed by atoms with E-state index in [0.29, 0.717) is 22.2 Å². The summed E-state index contributed by atoms with van der Waals surface area (Å²) in [6, 6.07) is 12.7. The maximum Gasteiger partial charge on any atom is 0.257 e. The first-order valence-electron chi connectivity index (χ1n) is 6.55. The van der Waals surface area contributed by atoms with Crippen molar-refractivity contribution in [2.75, 3.05) is 0 Å². The van der Waals surface area contributed by atoms with Crippen molar-refractivity contribution in [1.82, 2.24) is 10.6 Å². The fraction of sp³-hybridized carbons (Fsp3) is 0.125. The average molecular weight is 353 g/mol. The summed E-state index contributed by atoms with van der Waals surface area (Å²) in [5.74, 6) is -0.356. The lowest BCUT2D eigenvalue weighted by Crippen LogP contribution is -2.38. The lowest BCUT2D eigenvalue weighted by Gasteiger charge is -2.10. The minimum absolute atomic E-state index is 0.252. The van der Waals surface area contributed by atoms with Crippen LogP contribution < -0.4 is 10.6 Å². The molecule has 3 nitrogen and oxygen atoms in total. The number of hydrogen-bond donors (Lipinski definition) is 2. The van der Waals surface area contributed by atoms with Crippen LogP contribution in [0, 0.1) is 6.92 Å². The summed E-state index contributed by atoms with van der Waals surface area (Å²) in [5.41, 5.74) is 2.63. The molecule has 2 rings (SSSR count). The molecule has 0 unspecified atom stereocenters. The monoisotopic (exact) mass is 352 g/mol. The Morgan fingerprint density at radius 1 is 1.09 bits per heavy atom. The number of aryl methyl sites for hydroxylation is 1. The summed E-state index contributed by atoms with van der Waals surface area (Å²) in [5, 5.41) is 6.63. The fourth-order valence-corrected chi connectivity index (χ4v) is 2.48. The van der Waals surface area contributed by atoms with Crippen LogP contribution in [0.5, 0.6) is 0 Å². The first-order valence-corrected chi connectivity index (χ1v) is 7.71. The zero-order valence-electron chi connectivity index (χ0n) is 11.8. The molecule has 0 bridgehead atoms. The molecule has 2 aromatic carbocycles. The summed E-state index contributed by atoms with van der Waals surface area (Å²) in [4.78, 5) is 12.1. The van der Waals surface area contributed by atoms with Gasteiger partial charge in [-0.15, -0.1) is 0 Å². The van der Waals surface area contributed by atoms with Gasteiger partial charge in [-0.2, -0.15) is 0 Å². The van der Waals surface area contributed by atoms with Gasteiger partial charge in [0.25, 0.3) is 5.91 Å². The molecule has 0 radical (unpaired) electrons. The Morgan fingerprint density at radius 3 is 2.27 bits per heavy atom. The Balaban J connectivity index is 1.91. The van der Waals surface area contributed by atoms with E-state index in [4.69, 9.17) is 35.4 Å². The molecule has 0 aliphatic rings. The van der Waals surface area contributed by atoms with Crippen molar-refractivity contribution in [2.24, 2.45) is 0 Å². The Labute approximate surface area is 144 Å². The van der Waals surface area contributed by atoms with Gasteiger partial charge >= 0.3 is 0 Å². The number of carbonyl (C=O) groups excluding carboxylic acids is 1. The summed E-state index contributed by atoms with van der Waals surface area (Å²) >= 11 is 16.9. The third-order valence-corrected chi connectivity index (χ3v) is 3.61. The molecule has 0 heterocycles. The second kappa shape index (κ2) is 7.58. The summed E-state index contributed by atoms with van der Waals surface area (Å²) in [7, 11) is 0. The van der Waals surface area contributed by atoms with Crippen LogP contribution in [-0.2, 0) is 6.54 Å². The molecule has 1 amide bonds. The molecule has 0 fully saturated rings. The van der Waals surface area contributed by atoms with Crippen LogP contribution in [0.2, 0.25) is 10.0 Å². The van der Waals surface area contributed by atoms with E-state index in [1.54, 1.807) is 6.07 Å². The molecule has 0 aliphatic carbocycles. The lowest BCUT2D eigenvalue weighted by atomic mass is 10.1. The van der Waals surface area contributed by atoms with E-state index in [9.17, 15) is 4.79 Å². The van der Waals surface area contributed by atoms with Gasteiger partial charge in [-0.25, -0.2) is 0 Å². The number of carbonyl (C=O) groups is 1. The Kier molecular flexibility index (Phi) is 5.77. The van der Waals surface area contributed by atoms with Crippen molar-refractivity contribution in [3.05, 3.63) is 69.2 Å². The molecule has 114 valence electrons. The molecular weight excluding hydrogens is 339 g/mol. The normalized spacial score (nSPS) is 10.1. The van der Waals surface area contributed by atoms with Crippen molar-refractivity contribution in [2.45, 2.75) is 13.5 Å². The van der Waals surface area contributed by atoms with E-state index in [1.807, 2.05) is 31.2 Å². The zero-order chi connectivity index (χ0) is 16.1. The quantitative estimate of drug-likeness (QED) is 0.816. The van der Waals surface area contributed by atoms with E-state index in [2.05, 4.69) is 10.6 Å². The molecule has 0 atom stereocenters. The Bertz CT molecular complexity index is 682. The fourth-order valence-electron chi connectivity index (χ4n) is 1.79. The van der Waals surface area contributed by atoms with Gasteiger partial charge in [-0.1, -0.05) is 53.0 Å². The van der Waals surface area contributed by atoms with Crippen LogP contribution in [0.4, 0.5) is 0 Å². The summed E-state index contributed by atoms with van der Waals surface area (Å²) in [6.45, 7) is 2.56. The molecule has 2 aromatic rings. The van der Waals surface area contributed by atoms with Crippen molar-refractivity contribution in [1.29, 1.82) is 0 Å². The number of halogens is 2. The third kappa shape index (κ3) is 4.98. The van der Waals surface area contributed by atoms with Crippen LogP contribution in [0.25, 0.3) is 0 Å². The lowest BCUT2D eigenvalue weighted by molar-refractivity contribution is 0.0976. The maximum atomic E-state index is 12.1. The van der Waals surface area contributed by atoms with Crippen LogP contribution in [-0.4, -0.2) is 11.0 Å². The molecule has 0 spiro atoms. The van der Waals surface area contributed by atoms with Gasteiger partial charge in [0.15, 0.2) is 5.11 Å². The number of amides is 1. The second-order valence-electron chi connectivity index (χ2n) is 4.78. The molecule has 2 N–H and O–H groups in total. The number of nitrogens with one attached hydrogen (secondary N) is 2. The number of rotatable bonds is 3. The molecule has 0 aromatic heterocycles. The highest BCUT2D eigenvalue weighted by Gasteiger charge is 2.09. The van der Waals surface area contributed by atoms with Crippen molar-refractivity contribution in [3.8, 4) is 0 Å². The molecule has 6 heteroatoms. The van der Waals surface area contributed by atoms with Crippen molar-refractivity contribution in [3.63, 3.8) is 0 Å². The minimum atomic E-state index is -0.356. The number of benzene rings is 2. The van der Waals surface area contributed by atoms with Crippen LogP contribution in [0.1, 0.15) is 21.5 Å². The summed E-state index contributed by atoms with van der Waals surface area (Å²) in [6.07, 6.45) is 0. The van der Waals surface area contributed by atoms with Gasteiger partial charge in [0, 0.05) is 22.2 Å². The Hall–Kier alpha value is -1.62. The van der Waals surface area contributed by atoms with E-state index in [1.165, 1.54) is 17.7 Å². The topological polar surface area (TPSA) is 41.1 Å². The zero-order valence-corrected chi connectivity index (χ0v) is 14.1. The predicted octanol–water partition coefficient (Wildman–Crippen LogP) is 4.11. The van der Waals surface area contributed by atoms with Gasteiger partial charge in [-0.3, -0.25) is 10.1 Å². The molecule has 0 aliphatic heterocycles. The van der Waals surface area contributed by atoms with Gasteiger partial charge in [0.2, 0.25) is 0 Å². The standard InChI is InChI=1S/C16H14Cl2N2OS/c1-10-2-4-11(5-3-10)9-19-16(22)20-15(21)12-6-13(17)8-14(18)7-12/h2-8H,9H2,1H3,(H2,19,20,21,22). The SMILES string of the molecule is Cc1ccc(CNC(=S)NC(=O)c2cc(Cl)cc(Cl)c2)cc1. The van der Waals surface area contributed by atoms with E-state index >= 15 is 0 Å². The molecular formula is C16H14Cl2N2OS. The third-order valence-electron chi connectivity index (χ3n) is 2.93. The van der Waals surface area contributed by atoms with Crippen LogP contribution in [0.15, 0.2) is 42.5 Å². The van der Waals surface area contributed by atoms with Crippen molar-refractivity contribution >= 4 is 46.4 Å². The first kappa shape index (κ1) is 16.7. The number of thiocarbonyl (C=S) groups is 1. The van der Waals surface area contributed by atoms with Gasteiger partial charge in [-0.05, 0) is 42.9 Å². The highest BCUT2D eigenvalue weighted by Crippen LogP contribution is 2.18.